The van der Waals surface area contributed by atoms with Crippen LogP contribution >= 0.6 is 11.3 Å². The number of anilines is 2. The zero-order valence-corrected chi connectivity index (χ0v) is 15.9. The lowest BCUT2D eigenvalue weighted by Gasteiger charge is -2.27. The van der Waals surface area contributed by atoms with E-state index in [0.717, 1.165) is 10.4 Å². The highest BCUT2D eigenvalue weighted by molar-refractivity contribution is 7.11. The second kappa shape index (κ2) is 8.18. The molecule has 2 heterocycles. The van der Waals surface area contributed by atoms with Crippen LogP contribution in [0.1, 0.15) is 23.8 Å². The molecule has 27 heavy (non-hydrogen) atoms. The number of fused-ring (bicyclic) bond motifs is 1. The SMILES string of the molecule is Cc1ccsc1/C=C/C(=O)OCC(=O)N1c2ccccc2NC(=O)C[C@H]1C. The number of thiophene rings is 1. The van der Waals surface area contributed by atoms with Crippen LogP contribution in [0.2, 0.25) is 0 Å². The molecule has 0 bridgehead atoms. The van der Waals surface area contributed by atoms with Gasteiger partial charge in [0.1, 0.15) is 0 Å². The van der Waals surface area contributed by atoms with E-state index in [1.54, 1.807) is 37.3 Å². The number of hydrogen-bond donors (Lipinski definition) is 1. The minimum absolute atomic E-state index is 0.156. The first-order chi connectivity index (χ1) is 13.0. The van der Waals surface area contributed by atoms with Gasteiger partial charge in [0.25, 0.3) is 5.91 Å². The molecule has 0 unspecified atom stereocenters. The van der Waals surface area contributed by atoms with E-state index in [1.165, 1.54) is 22.3 Å². The topological polar surface area (TPSA) is 75.7 Å². The number of para-hydroxylation sites is 2. The van der Waals surface area contributed by atoms with Crippen molar-refractivity contribution in [2.75, 3.05) is 16.8 Å². The molecule has 140 valence electrons. The molecule has 6 nitrogen and oxygen atoms in total. The Morgan fingerprint density at radius 1 is 1.33 bits per heavy atom. The number of nitrogens with zero attached hydrogens (tertiary/aromatic N) is 1. The van der Waals surface area contributed by atoms with Crippen molar-refractivity contribution in [2.45, 2.75) is 26.3 Å². The summed E-state index contributed by atoms with van der Waals surface area (Å²) in [5.74, 6) is -1.11. The van der Waals surface area contributed by atoms with Crippen LogP contribution in [0.4, 0.5) is 11.4 Å². The summed E-state index contributed by atoms with van der Waals surface area (Å²) in [5.41, 5.74) is 2.24. The number of aryl methyl sites for hydroxylation is 1. The Kier molecular flexibility index (Phi) is 5.71. The van der Waals surface area contributed by atoms with Crippen molar-refractivity contribution in [3.8, 4) is 0 Å². The van der Waals surface area contributed by atoms with Gasteiger partial charge in [0.05, 0.1) is 11.4 Å². The summed E-state index contributed by atoms with van der Waals surface area (Å²) in [4.78, 5) is 39.1. The van der Waals surface area contributed by atoms with Gasteiger partial charge in [-0.15, -0.1) is 11.3 Å². The van der Waals surface area contributed by atoms with Crippen LogP contribution in [-0.4, -0.2) is 30.4 Å². The molecule has 1 atom stereocenters. The Morgan fingerprint density at radius 2 is 2.11 bits per heavy atom. The summed E-state index contributed by atoms with van der Waals surface area (Å²) in [7, 11) is 0. The standard InChI is InChI=1S/C20H20N2O4S/c1-13-9-10-27-17(13)7-8-20(25)26-12-19(24)22-14(2)11-18(23)21-15-5-3-4-6-16(15)22/h3-10,14H,11-12H2,1-2H3,(H,21,23)/b8-7+/t14-/m1/s1. The number of carbonyl (C=O) groups excluding carboxylic acids is 3. The molecule has 1 aliphatic heterocycles. The molecule has 1 aromatic heterocycles. The average molecular weight is 384 g/mol. The van der Waals surface area contributed by atoms with Crippen molar-refractivity contribution in [1.29, 1.82) is 0 Å². The molecule has 2 aromatic rings. The van der Waals surface area contributed by atoms with Crippen LogP contribution in [-0.2, 0) is 19.1 Å². The Hall–Kier alpha value is -2.93. The quantitative estimate of drug-likeness (QED) is 0.648. The van der Waals surface area contributed by atoms with Crippen LogP contribution in [0.5, 0.6) is 0 Å². The molecule has 1 aliphatic rings. The minimum atomic E-state index is -0.582. The van der Waals surface area contributed by atoms with Crippen molar-refractivity contribution in [1.82, 2.24) is 0 Å². The predicted octanol–water partition coefficient (Wildman–Crippen LogP) is 3.38. The number of esters is 1. The molecule has 0 saturated carbocycles. The van der Waals surface area contributed by atoms with E-state index in [2.05, 4.69) is 5.32 Å². The second-order valence-corrected chi connectivity index (χ2v) is 7.24. The van der Waals surface area contributed by atoms with Gasteiger partial charge < -0.3 is 15.0 Å². The van der Waals surface area contributed by atoms with Crippen LogP contribution in [0.25, 0.3) is 6.08 Å². The second-order valence-electron chi connectivity index (χ2n) is 6.29. The monoisotopic (exact) mass is 384 g/mol. The van der Waals surface area contributed by atoms with E-state index in [9.17, 15) is 14.4 Å². The maximum atomic E-state index is 12.7. The minimum Gasteiger partial charge on any atom is -0.452 e. The predicted molar refractivity (Wildman–Crippen MR) is 106 cm³/mol. The normalized spacial score (nSPS) is 16.6. The van der Waals surface area contributed by atoms with Gasteiger partial charge in [-0.25, -0.2) is 4.79 Å². The largest absolute Gasteiger partial charge is 0.452 e. The van der Waals surface area contributed by atoms with E-state index in [0.29, 0.717) is 11.4 Å². The molecule has 0 aliphatic carbocycles. The fraction of sp³-hybridized carbons (Fsp3) is 0.250. The Labute approximate surface area is 161 Å². The van der Waals surface area contributed by atoms with E-state index < -0.39 is 5.97 Å². The van der Waals surface area contributed by atoms with Crippen LogP contribution < -0.4 is 10.2 Å². The van der Waals surface area contributed by atoms with Crippen molar-refractivity contribution >= 4 is 46.6 Å². The van der Waals surface area contributed by atoms with Gasteiger partial charge in [-0.05, 0) is 49.1 Å². The lowest BCUT2D eigenvalue weighted by molar-refractivity contribution is -0.143. The number of rotatable bonds is 4. The lowest BCUT2D eigenvalue weighted by atomic mass is 10.1. The molecule has 0 fully saturated rings. The van der Waals surface area contributed by atoms with E-state index in [4.69, 9.17) is 4.74 Å². The van der Waals surface area contributed by atoms with Gasteiger partial charge in [-0.2, -0.15) is 0 Å². The third-order valence-corrected chi connectivity index (χ3v) is 5.22. The number of nitrogens with one attached hydrogen (secondary N) is 1. The molecular formula is C20H20N2O4S. The first-order valence-corrected chi connectivity index (χ1v) is 9.43. The van der Waals surface area contributed by atoms with Crippen molar-refractivity contribution in [3.05, 3.63) is 52.2 Å². The molecule has 0 spiro atoms. The Balaban J connectivity index is 1.68. The van der Waals surface area contributed by atoms with Crippen molar-refractivity contribution in [3.63, 3.8) is 0 Å². The zero-order valence-electron chi connectivity index (χ0n) is 15.1. The summed E-state index contributed by atoms with van der Waals surface area (Å²) < 4.78 is 5.11. The summed E-state index contributed by atoms with van der Waals surface area (Å²) in [6.45, 7) is 3.36. The summed E-state index contributed by atoms with van der Waals surface area (Å²) >= 11 is 1.53. The number of carbonyl (C=O) groups is 3. The van der Waals surface area contributed by atoms with Crippen molar-refractivity contribution < 1.29 is 19.1 Å². The first kappa shape index (κ1) is 18.8. The third kappa shape index (κ3) is 4.43. The fourth-order valence-corrected chi connectivity index (χ4v) is 3.74. The summed E-state index contributed by atoms with van der Waals surface area (Å²) in [6.07, 6.45) is 3.17. The van der Waals surface area contributed by atoms with Gasteiger partial charge >= 0.3 is 5.97 Å². The van der Waals surface area contributed by atoms with Gasteiger partial charge in [0, 0.05) is 23.4 Å². The maximum Gasteiger partial charge on any atom is 0.331 e. The van der Waals surface area contributed by atoms with Gasteiger partial charge in [0.15, 0.2) is 6.61 Å². The lowest BCUT2D eigenvalue weighted by Crippen LogP contribution is -2.41. The fourth-order valence-electron chi connectivity index (χ4n) is 2.92. The molecule has 1 aromatic carbocycles. The molecule has 7 heteroatoms. The molecule has 0 radical (unpaired) electrons. The van der Waals surface area contributed by atoms with Gasteiger partial charge in [-0.1, -0.05) is 12.1 Å². The maximum absolute atomic E-state index is 12.7. The molecule has 1 N–H and O–H groups in total. The van der Waals surface area contributed by atoms with Crippen LogP contribution in [0.3, 0.4) is 0 Å². The molecular weight excluding hydrogens is 364 g/mol. The number of amides is 2. The number of benzene rings is 1. The number of ether oxygens (including phenoxy) is 1. The van der Waals surface area contributed by atoms with Crippen LogP contribution in [0.15, 0.2) is 41.8 Å². The highest BCUT2D eigenvalue weighted by Gasteiger charge is 2.29. The first-order valence-electron chi connectivity index (χ1n) is 8.55. The molecule has 2 amide bonds. The van der Waals surface area contributed by atoms with Crippen molar-refractivity contribution in [2.24, 2.45) is 0 Å². The summed E-state index contributed by atoms with van der Waals surface area (Å²) in [5, 5.41) is 4.73. The Morgan fingerprint density at radius 3 is 2.85 bits per heavy atom. The average Bonchev–Trinajstić information content (AvgIpc) is 2.98. The number of hydrogen-bond acceptors (Lipinski definition) is 5. The Bertz CT molecular complexity index is 903. The molecule has 3 rings (SSSR count). The smallest absolute Gasteiger partial charge is 0.331 e. The molecule has 0 saturated heterocycles. The van der Waals surface area contributed by atoms with E-state index in [-0.39, 0.29) is 30.9 Å². The summed E-state index contributed by atoms with van der Waals surface area (Å²) in [6, 6.07) is 8.70. The van der Waals surface area contributed by atoms with E-state index >= 15 is 0 Å². The highest BCUT2D eigenvalue weighted by atomic mass is 32.1. The van der Waals surface area contributed by atoms with Gasteiger partial charge in [-0.3, -0.25) is 9.59 Å². The van der Waals surface area contributed by atoms with E-state index in [1.807, 2.05) is 18.4 Å². The van der Waals surface area contributed by atoms with Gasteiger partial charge in [0.2, 0.25) is 5.91 Å². The highest BCUT2D eigenvalue weighted by Crippen LogP contribution is 2.31. The third-order valence-electron chi connectivity index (χ3n) is 4.24. The van der Waals surface area contributed by atoms with Crippen LogP contribution in [0, 0.1) is 6.92 Å². The zero-order chi connectivity index (χ0) is 19.4.